The summed E-state index contributed by atoms with van der Waals surface area (Å²) in [5.74, 6) is -4.38. The monoisotopic (exact) mass is 491 g/mol. The molecule has 2 aromatic carbocycles. The first-order valence-electron chi connectivity index (χ1n) is 10.2. The molecular weight excluding hydrogens is 471 g/mol. The number of halogens is 3. The number of alkyl halides is 3. The Morgan fingerprint density at radius 2 is 1.77 bits per heavy atom. The molecule has 0 aliphatic carbocycles. The number of hydrogen-bond donors (Lipinski definition) is 3. The average Bonchev–Trinajstić information content (AvgIpc) is 2.83. The van der Waals surface area contributed by atoms with Crippen LogP contribution in [0.2, 0.25) is 0 Å². The third-order valence-corrected chi connectivity index (χ3v) is 4.77. The molecule has 0 unspecified atom stereocenters. The number of ether oxygens (including phenoxy) is 2. The minimum atomic E-state index is -5.35. The van der Waals surface area contributed by atoms with Gasteiger partial charge < -0.3 is 14.8 Å². The molecule has 9 nitrogen and oxygen atoms in total. The standard InChI is InChI=1S/C23H20F3N3O6/c1-13-10-15(17-4-2-3-5-18(17)28-13)12-34-16-8-6-14(7-9-16)20(30)27-11-19(21(31)29-33)35-22(32)23(24,25)26/h2-10,19,33H,11-12H2,1H3,(H,27,30)(H,29,31)/t19-/m1/s1. The Labute approximate surface area is 196 Å². The second-order valence-electron chi connectivity index (χ2n) is 7.33. The summed E-state index contributed by atoms with van der Waals surface area (Å²) < 4.78 is 46.9. The zero-order chi connectivity index (χ0) is 25.6. The summed E-state index contributed by atoms with van der Waals surface area (Å²) >= 11 is 0. The fourth-order valence-corrected chi connectivity index (χ4v) is 3.12. The van der Waals surface area contributed by atoms with Crippen molar-refractivity contribution < 1.29 is 42.2 Å². The number of hydroxylamine groups is 1. The van der Waals surface area contributed by atoms with Crippen molar-refractivity contribution in [3.63, 3.8) is 0 Å². The van der Waals surface area contributed by atoms with Crippen LogP contribution in [0.15, 0.2) is 54.6 Å². The van der Waals surface area contributed by atoms with Crippen molar-refractivity contribution in [2.75, 3.05) is 6.54 Å². The van der Waals surface area contributed by atoms with Gasteiger partial charge in [-0.05, 0) is 43.3 Å². The molecule has 1 atom stereocenters. The van der Waals surface area contributed by atoms with Crippen LogP contribution in [0.3, 0.4) is 0 Å². The molecule has 0 saturated carbocycles. The van der Waals surface area contributed by atoms with Crippen LogP contribution in [-0.2, 0) is 20.9 Å². The number of amides is 2. The van der Waals surface area contributed by atoms with E-state index in [-0.39, 0.29) is 12.2 Å². The third-order valence-electron chi connectivity index (χ3n) is 4.77. The normalized spacial score (nSPS) is 12.0. The minimum Gasteiger partial charge on any atom is -0.489 e. The molecule has 1 heterocycles. The Morgan fingerprint density at radius 1 is 1.09 bits per heavy atom. The molecule has 0 bridgehead atoms. The van der Waals surface area contributed by atoms with Gasteiger partial charge in [-0.15, -0.1) is 0 Å². The van der Waals surface area contributed by atoms with Gasteiger partial charge in [0.2, 0.25) is 0 Å². The lowest BCUT2D eigenvalue weighted by molar-refractivity contribution is -0.205. The van der Waals surface area contributed by atoms with Crippen molar-refractivity contribution in [1.82, 2.24) is 15.8 Å². The fraction of sp³-hybridized carbons (Fsp3) is 0.217. The molecule has 3 N–H and O–H groups in total. The van der Waals surface area contributed by atoms with Crippen LogP contribution >= 0.6 is 0 Å². The van der Waals surface area contributed by atoms with E-state index < -0.39 is 36.6 Å². The minimum absolute atomic E-state index is 0.104. The Bertz CT molecular complexity index is 1230. The lowest BCUT2D eigenvalue weighted by Gasteiger charge is -2.17. The number of esters is 1. The largest absolute Gasteiger partial charge is 0.490 e. The first-order valence-corrected chi connectivity index (χ1v) is 10.2. The van der Waals surface area contributed by atoms with E-state index in [9.17, 15) is 27.6 Å². The van der Waals surface area contributed by atoms with Crippen LogP contribution in [0.25, 0.3) is 10.9 Å². The van der Waals surface area contributed by atoms with E-state index in [1.807, 2.05) is 37.3 Å². The van der Waals surface area contributed by atoms with Crippen molar-refractivity contribution in [2.24, 2.45) is 0 Å². The second kappa shape index (κ2) is 10.8. The summed E-state index contributed by atoms with van der Waals surface area (Å²) in [5, 5.41) is 11.8. The molecule has 0 fully saturated rings. The van der Waals surface area contributed by atoms with Crippen LogP contribution in [0.1, 0.15) is 21.6 Å². The molecule has 0 saturated heterocycles. The number of nitrogens with one attached hydrogen (secondary N) is 2. The molecule has 3 rings (SSSR count). The summed E-state index contributed by atoms with van der Waals surface area (Å²) in [6, 6.07) is 15.4. The van der Waals surface area contributed by atoms with Crippen LogP contribution in [0.5, 0.6) is 5.75 Å². The van der Waals surface area contributed by atoms with E-state index in [2.05, 4.69) is 15.0 Å². The number of para-hydroxylation sites is 1. The SMILES string of the molecule is Cc1cc(COc2ccc(C(=O)NC[C@@H](OC(=O)C(F)(F)F)C(=O)NO)cc2)c2ccccc2n1. The molecule has 3 aromatic rings. The first-order chi connectivity index (χ1) is 16.6. The van der Waals surface area contributed by atoms with Crippen molar-refractivity contribution in [3.05, 3.63) is 71.4 Å². The topological polar surface area (TPSA) is 127 Å². The summed E-state index contributed by atoms with van der Waals surface area (Å²) in [5.41, 5.74) is 3.79. The van der Waals surface area contributed by atoms with E-state index >= 15 is 0 Å². The highest BCUT2D eigenvalue weighted by Gasteiger charge is 2.43. The number of nitrogens with zero attached hydrogens (tertiary/aromatic N) is 1. The fourth-order valence-electron chi connectivity index (χ4n) is 3.12. The van der Waals surface area contributed by atoms with Crippen molar-refractivity contribution >= 4 is 28.7 Å². The van der Waals surface area contributed by atoms with Gasteiger partial charge in [0.15, 0.2) is 6.10 Å². The molecule has 35 heavy (non-hydrogen) atoms. The van der Waals surface area contributed by atoms with Crippen molar-refractivity contribution in [2.45, 2.75) is 25.8 Å². The maximum Gasteiger partial charge on any atom is 0.490 e. The molecule has 12 heteroatoms. The highest BCUT2D eigenvalue weighted by Crippen LogP contribution is 2.21. The third kappa shape index (κ3) is 6.67. The average molecular weight is 491 g/mol. The highest BCUT2D eigenvalue weighted by atomic mass is 19.4. The summed E-state index contributed by atoms with van der Waals surface area (Å²) in [6.07, 6.45) is -7.45. The van der Waals surface area contributed by atoms with Gasteiger partial charge in [-0.3, -0.25) is 19.8 Å². The maximum atomic E-state index is 12.4. The summed E-state index contributed by atoms with van der Waals surface area (Å²) in [4.78, 5) is 39.2. The van der Waals surface area contributed by atoms with E-state index in [0.29, 0.717) is 5.75 Å². The van der Waals surface area contributed by atoms with Crippen molar-refractivity contribution in [3.8, 4) is 5.75 Å². The predicted molar refractivity (Wildman–Crippen MR) is 115 cm³/mol. The van der Waals surface area contributed by atoms with E-state index in [1.54, 1.807) is 0 Å². The Kier molecular flexibility index (Phi) is 7.87. The van der Waals surface area contributed by atoms with E-state index in [0.717, 1.165) is 27.6 Å². The Hall–Kier alpha value is -4.19. The summed E-state index contributed by atoms with van der Waals surface area (Å²) in [6.45, 7) is 1.32. The quantitative estimate of drug-likeness (QED) is 0.251. The number of rotatable bonds is 8. The number of pyridine rings is 1. The number of carbonyl (C=O) groups excluding carboxylic acids is 3. The van der Waals surface area contributed by atoms with Gasteiger partial charge in [0.25, 0.3) is 11.8 Å². The van der Waals surface area contributed by atoms with Crippen molar-refractivity contribution in [1.29, 1.82) is 0 Å². The Balaban J connectivity index is 1.60. The molecule has 0 radical (unpaired) electrons. The molecule has 0 aliphatic rings. The maximum absolute atomic E-state index is 12.4. The number of aryl methyl sites for hydroxylation is 1. The van der Waals surface area contributed by atoms with Gasteiger partial charge in [-0.25, -0.2) is 10.3 Å². The number of fused-ring (bicyclic) bond motifs is 1. The van der Waals surface area contributed by atoms with E-state index in [4.69, 9.17) is 9.94 Å². The number of aromatic nitrogens is 1. The molecular formula is C23H20F3N3O6. The number of carbonyl (C=O) groups is 3. The van der Waals surface area contributed by atoms with Gasteiger partial charge in [-0.2, -0.15) is 13.2 Å². The highest BCUT2D eigenvalue weighted by molar-refractivity contribution is 5.95. The van der Waals surface area contributed by atoms with Crippen LogP contribution in [0, 0.1) is 6.92 Å². The van der Waals surface area contributed by atoms with Crippen LogP contribution < -0.4 is 15.5 Å². The molecule has 2 amide bonds. The lowest BCUT2D eigenvalue weighted by atomic mass is 10.1. The predicted octanol–water partition coefficient (Wildman–Crippen LogP) is 2.83. The molecule has 1 aromatic heterocycles. The van der Waals surface area contributed by atoms with Crippen LogP contribution in [-0.4, -0.2) is 46.8 Å². The number of benzene rings is 2. The first kappa shape index (κ1) is 25.4. The molecule has 184 valence electrons. The smallest absolute Gasteiger partial charge is 0.489 e. The lowest BCUT2D eigenvalue weighted by Crippen LogP contribution is -2.46. The van der Waals surface area contributed by atoms with Gasteiger partial charge >= 0.3 is 12.1 Å². The van der Waals surface area contributed by atoms with E-state index in [1.165, 1.54) is 24.3 Å². The van der Waals surface area contributed by atoms with Gasteiger partial charge in [0.1, 0.15) is 12.4 Å². The molecule has 0 spiro atoms. The van der Waals surface area contributed by atoms with Crippen LogP contribution in [0.4, 0.5) is 13.2 Å². The van der Waals surface area contributed by atoms with Gasteiger partial charge in [0.05, 0.1) is 12.1 Å². The zero-order valence-corrected chi connectivity index (χ0v) is 18.3. The molecule has 0 aliphatic heterocycles. The zero-order valence-electron chi connectivity index (χ0n) is 18.3. The van der Waals surface area contributed by atoms with Gasteiger partial charge in [-0.1, -0.05) is 18.2 Å². The number of hydrogen-bond acceptors (Lipinski definition) is 7. The Morgan fingerprint density at radius 3 is 2.43 bits per heavy atom. The second-order valence-corrected chi connectivity index (χ2v) is 7.33. The summed E-state index contributed by atoms with van der Waals surface area (Å²) in [7, 11) is 0. The van der Waals surface area contributed by atoms with Gasteiger partial charge in [0, 0.05) is 22.2 Å².